The van der Waals surface area contributed by atoms with E-state index in [0.717, 1.165) is 16.4 Å². The SMILES string of the molecule is CC1=CN=c2cc3c(c(C)c21)=Nc1ccccc1-3. The summed E-state index contributed by atoms with van der Waals surface area (Å²) in [7, 11) is 0. The lowest BCUT2D eigenvalue weighted by Crippen LogP contribution is -2.18. The summed E-state index contributed by atoms with van der Waals surface area (Å²) in [6.07, 6.45) is 1.94. The summed E-state index contributed by atoms with van der Waals surface area (Å²) in [5.74, 6) is 0. The third-order valence-electron chi connectivity index (χ3n) is 3.74. The van der Waals surface area contributed by atoms with Crippen molar-refractivity contribution < 1.29 is 0 Å². The van der Waals surface area contributed by atoms with E-state index in [9.17, 15) is 0 Å². The van der Waals surface area contributed by atoms with Crippen LogP contribution in [0.2, 0.25) is 0 Å². The molecule has 2 heterocycles. The molecule has 2 aliphatic rings. The van der Waals surface area contributed by atoms with Crippen LogP contribution >= 0.6 is 0 Å². The molecular formula is C16H12N2. The lowest BCUT2D eigenvalue weighted by molar-refractivity contribution is 1.26. The first kappa shape index (κ1) is 9.77. The van der Waals surface area contributed by atoms with Gasteiger partial charge < -0.3 is 0 Å². The minimum Gasteiger partial charge on any atom is -0.256 e. The van der Waals surface area contributed by atoms with Crippen molar-refractivity contribution in [2.24, 2.45) is 9.98 Å². The minimum atomic E-state index is 1.07. The predicted octanol–water partition coefficient (Wildman–Crippen LogP) is 2.92. The van der Waals surface area contributed by atoms with Crippen LogP contribution in [0.4, 0.5) is 5.69 Å². The average Bonchev–Trinajstić information content (AvgIpc) is 2.92. The second-order valence-corrected chi connectivity index (χ2v) is 4.86. The molecule has 18 heavy (non-hydrogen) atoms. The van der Waals surface area contributed by atoms with Crippen LogP contribution in [0.25, 0.3) is 16.7 Å². The highest BCUT2D eigenvalue weighted by molar-refractivity contribution is 5.82. The molecule has 0 saturated carbocycles. The molecule has 0 aliphatic carbocycles. The molecule has 2 heteroatoms. The zero-order chi connectivity index (χ0) is 12.3. The predicted molar refractivity (Wildman–Crippen MR) is 72.2 cm³/mol. The summed E-state index contributed by atoms with van der Waals surface area (Å²) in [6.45, 7) is 4.25. The van der Waals surface area contributed by atoms with Crippen molar-refractivity contribution >= 4 is 11.3 Å². The van der Waals surface area contributed by atoms with Crippen LogP contribution in [0, 0.1) is 6.92 Å². The molecule has 2 aromatic rings. The Kier molecular flexibility index (Phi) is 1.72. The summed E-state index contributed by atoms with van der Waals surface area (Å²) < 4.78 is 0. The number of hydrogen-bond acceptors (Lipinski definition) is 2. The first-order valence-electron chi connectivity index (χ1n) is 6.12. The van der Waals surface area contributed by atoms with Gasteiger partial charge in [0.15, 0.2) is 0 Å². The van der Waals surface area contributed by atoms with Gasteiger partial charge in [-0.15, -0.1) is 0 Å². The molecule has 0 unspecified atom stereocenters. The van der Waals surface area contributed by atoms with E-state index in [0.29, 0.717) is 0 Å². The number of hydrogen-bond donors (Lipinski definition) is 0. The molecular weight excluding hydrogens is 220 g/mol. The lowest BCUT2D eigenvalue weighted by Gasteiger charge is -2.04. The standard InChI is InChI=1S/C16H12N2/c1-9-8-17-14-7-12-11-5-3-4-6-13(11)18-16(12)10(2)15(9)14/h3-8H,1-2H3. The first-order chi connectivity index (χ1) is 8.75. The van der Waals surface area contributed by atoms with Gasteiger partial charge in [0.1, 0.15) is 0 Å². The zero-order valence-electron chi connectivity index (χ0n) is 10.4. The van der Waals surface area contributed by atoms with Crippen molar-refractivity contribution in [3.05, 3.63) is 58.4 Å². The second-order valence-electron chi connectivity index (χ2n) is 4.86. The Morgan fingerprint density at radius 2 is 1.83 bits per heavy atom. The van der Waals surface area contributed by atoms with Gasteiger partial charge >= 0.3 is 0 Å². The molecule has 0 bridgehead atoms. The fourth-order valence-corrected chi connectivity index (χ4v) is 2.89. The first-order valence-corrected chi connectivity index (χ1v) is 6.12. The molecule has 0 atom stereocenters. The number of rotatable bonds is 0. The molecule has 0 aromatic heterocycles. The van der Waals surface area contributed by atoms with Crippen LogP contribution < -0.4 is 10.7 Å². The van der Waals surface area contributed by atoms with Gasteiger partial charge in [-0.1, -0.05) is 18.2 Å². The van der Waals surface area contributed by atoms with Gasteiger partial charge in [0.2, 0.25) is 0 Å². The molecule has 2 aromatic carbocycles. The van der Waals surface area contributed by atoms with E-state index in [-0.39, 0.29) is 0 Å². The number of para-hydroxylation sites is 1. The Morgan fingerprint density at radius 1 is 1.00 bits per heavy atom. The van der Waals surface area contributed by atoms with Crippen molar-refractivity contribution in [2.75, 3.05) is 0 Å². The minimum absolute atomic E-state index is 1.07. The summed E-state index contributed by atoms with van der Waals surface area (Å²) in [4.78, 5) is 9.25. The van der Waals surface area contributed by atoms with Crippen molar-refractivity contribution in [1.29, 1.82) is 0 Å². The number of benzene rings is 2. The molecule has 2 nitrogen and oxygen atoms in total. The highest BCUT2D eigenvalue weighted by Gasteiger charge is 2.19. The van der Waals surface area contributed by atoms with E-state index < -0.39 is 0 Å². The van der Waals surface area contributed by atoms with E-state index in [1.807, 2.05) is 12.3 Å². The summed E-state index contributed by atoms with van der Waals surface area (Å²) in [5.41, 5.74) is 7.24. The van der Waals surface area contributed by atoms with Crippen LogP contribution in [0.3, 0.4) is 0 Å². The maximum atomic E-state index is 4.76. The molecule has 4 rings (SSSR count). The molecule has 86 valence electrons. The van der Waals surface area contributed by atoms with Gasteiger partial charge in [-0.3, -0.25) is 4.99 Å². The van der Waals surface area contributed by atoms with Crippen molar-refractivity contribution in [3.8, 4) is 11.1 Å². The maximum absolute atomic E-state index is 4.76. The topological polar surface area (TPSA) is 24.7 Å². The fraction of sp³-hybridized carbons (Fsp3) is 0.125. The smallest absolute Gasteiger partial charge is 0.0753 e. The Morgan fingerprint density at radius 3 is 2.72 bits per heavy atom. The Balaban J connectivity index is 2.17. The maximum Gasteiger partial charge on any atom is 0.0753 e. The van der Waals surface area contributed by atoms with Crippen LogP contribution in [0.1, 0.15) is 18.1 Å². The summed E-state index contributed by atoms with van der Waals surface area (Å²) >= 11 is 0. The average molecular weight is 232 g/mol. The second kappa shape index (κ2) is 3.16. The van der Waals surface area contributed by atoms with E-state index in [4.69, 9.17) is 4.99 Å². The van der Waals surface area contributed by atoms with Crippen LogP contribution in [-0.2, 0) is 0 Å². The van der Waals surface area contributed by atoms with E-state index in [1.54, 1.807) is 0 Å². The quantitative estimate of drug-likeness (QED) is 0.569. The Labute approximate surface area is 105 Å². The normalized spacial score (nSPS) is 14.2. The summed E-state index contributed by atoms with van der Waals surface area (Å²) in [6, 6.07) is 10.5. The van der Waals surface area contributed by atoms with Gasteiger partial charge in [-0.25, -0.2) is 4.99 Å². The van der Waals surface area contributed by atoms with Crippen LogP contribution in [0.15, 0.2) is 46.5 Å². The Bertz CT molecular complexity index is 842. The van der Waals surface area contributed by atoms with E-state index in [2.05, 4.69) is 43.1 Å². The molecule has 0 radical (unpaired) electrons. The number of allylic oxidation sites excluding steroid dienone is 1. The number of fused-ring (bicyclic) bond motifs is 4. The van der Waals surface area contributed by atoms with Crippen molar-refractivity contribution in [2.45, 2.75) is 13.8 Å². The molecule has 0 amide bonds. The van der Waals surface area contributed by atoms with E-state index in [1.165, 1.54) is 27.8 Å². The van der Waals surface area contributed by atoms with Gasteiger partial charge in [0.05, 0.1) is 16.4 Å². The highest BCUT2D eigenvalue weighted by Crippen LogP contribution is 2.33. The monoisotopic (exact) mass is 232 g/mol. The number of nitrogens with zero attached hydrogens (tertiary/aromatic N) is 2. The molecule has 0 N–H and O–H groups in total. The molecule has 0 saturated heterocycles. The summed E-state index contributed by atoms with van der Waals surface area (Å²) in [5, 5.41) is 2.19. The fourth-order valence-electron chi connectivity index (χ4n) is 2.89. The zero-order valence-corrected chi connectivity index (χ0v) is 10.4. The van der Waals surface area contributed by atoms with Crippen LogP contribution in [0.5, 0.6) is 0 Å². The Hall–Kier alpha value is -2.22. The molecule has 0 fully saturated rings. The third kappa shape index (κ3) is 1.07. The van der Waals surface area contributed by atoms with Crippen LogP contribution in [-0.4, -0.2) is 0 Å². The highest BCUT2D eigenvalue weighted by atomic mass is 14.8. The van der Waals surface area contributed by atoms with Gasteiger partial charge in [-0.05, 0) is 37.1 Å². The van der Waals surface area contributed by atoms with Crippen molar-refractivity contribution in [3.63, 3.8) is 0 Å². The largest absolute Gasteiger partial charge is 0.256 e. The van der Waals surface area contributed by atoms with E-state index >= 15 is 0 Å². The van der Waals surface area contributed by atoms with Gasteiger partial charge in [0.25, 0.3) is 0 Å². The van der Waals surface area contributed by atoms with Gasteiger partial charge in [0, 0.05) is 22.9 Å². The van der Waals surface area contributed by atoms with Gasteiger partial charge in [-0.2, -0.15) is 0 Å². The molecule has 2 aliphatic heterocycles. The third-order valence-corrected chi connectivity index (χ3v) is 3.74. The van der Waals surface area contributed by atoms with Crippen molar-refractivity contribution in [1.82, 2.24) is 0 Å². The molecule has 0 spiro atoms. The lowest BCUT2D eigenvalue weighted by atomic mass is 9.97.